The molecule has 2 aliphatic heterocycles. The fraction of sp³-hybridized carbons (Fsp3) is 0.667. The van der Waals surface area contributed by atoms with Crippen molar-refractivity contribution < 1.29 is 0 Å². The number of nitrogens with zero attached hydrogens (tertiary/aromatic N) is 3. The van der Waals surface area contributed by atoms with Crippen LogP contribution in [0.15, 0.2) is 30.3 Å². The first-order chi connectivity index (χ1) is 12.2. The van der Waals surface area contributed by atoms with Crippen molar-refractivity contribution in [3.63, 3.8) is 0 Å². The van der Waals surface area contributed by atoms with Crippen LogP contribution in [0.3, 0.4) is 0 Å². The molecule has 1 aromatic carbocycles. The minimum atomic E-state index is 0.150. The van der Waals surface area contributed by atoms with Gasteiger partial charge in [0.2, 0.25) is 0 Å². The van der Waals surface area contributed by atoms with Gasteiger partial charge in [0.25, 0.3) is 0 Å². The van der Waals surface area contributed by atoms with Crippen molar-refractivity contribution in [3.8, 4) is 6.07 Å². The lowest BCUT2D eigenvalue weighted by Gasteiger charge is -2.55. The zero-order valence-electron chi connectivity index (χ0n) is 15.3. The monoisotopic (exact) mass is 338 g/mol. The second kappa shape index (κ2) is 7.07. The first kappa shape index (κ1) is 17.0. The van der Waals surface area contributed by atoms with Gasteiger partial charge in [-0.1, -0.05) is 30.3 Å². The van der Waals surface area contributed by atoms with Crippen LogP contribution in [0.2, 0.25) is 0 Å². The van der Waals surface area contributed by atoms with Gasteiger partial charge in [0, 0.05) is 25.0 Å². The minimum absolute atomic E-state index is 0.150. The van der Waals surface area contributed by atoms with Crippen LogP contribution in [-0.4, -0.2) is 61.2 Å². The molecule has 3 fully saturated rings. The lowest BCUT2D eigenvalue weighted by molar-refractivity contribution is -0.0542. The molecule has 4 heteroatoms. The second-order valence-corrected chi connectivity index (χ2v) is 8.43. The van der Waals surface area contributed by atoms with Crippen molar-refractivity contribution in [1.82, 2.24) is 15.1 Å². The first-order valence-corrected chi connectivity index (χ1v) is 9.79. The Morgan fingerprint density at radius 2 is 1.92 bits per heavy atom. The maximum atomic E-state index is 9.20. The molecule has 3 aliphatic rings. The van der Waals surface area contributed by atoms with Crippen molar-refractivity contribution in [2.45, 2.75) is 43.2 Å². The van der Waals surface area contributed by atoms with Crippen molar-refractivity contribution in [2.75, 3.05) is 39.8 Å². The fourth-order valence-electron chi connectivity index (χ4n) is 4.95. The molecule has 2 atom stereocenters. The van der Waals surface area contributed by atoms with Gasteiger partial charge in [-0.05, 0) is 57.4 Å². The Labute approximate surface area is 151 Å². The number of likely N-dealkylation sites (tertiary alicyclic amines) is 2. The summed E-state index contributed by atoms with van der Waals surface area (Å²) in [5, 5.41) is 13.0. The van der Waals surface area contributed by atoms with E-state index in [1.54, 1.807) is 0 Å². The lowest BCUT2D eigenvalue weighted by Crippen LogP contribution is -2.70. The summed E-state index contributed by atoms with van der Waals surface area (Å²) in [6, 6.07) is 14.0. The van der Waals surface area contributed by atoms with Crippen molar-refractivity contribution in [3.05, 3.63) is 35.9 Å². The molecule has 1 aromatic rings. The molecule has 0 unspecified atom stereocenters. The third-order valence-electron chi connectivity index (χ3n) is 6.51. The van der Waals surface area contributed by atoms with Crippen molar-refractivity contribution in [1.29, 1.82) is 5.26 Å². The number of rotatable bonds is 6. The number of piperidine rings is 1. The predicted molar refractivity (Wildman–Crippen MR) is 100 cm³/mol. The normalized spacial score (nSPS) is 29.8. The molecule has 4 nitrogen and oxygen atoms in total. The second-order valence-electron chi connectivity index (χ2n) is 8.43. The maximum absolute atomic E-state index is 9.20. The standard InChI is InChI=1S/C21H30N4/c1-24-15-21(16-24,9-10-22)25-11-7-17(8-12-25)14-23-20-13-19(20)18-5-3-2-4-6-18/h2-6,17,19-20,23H,7-9,11-16H2,1H3/t19-,20+/m0/s1. The van der Waals surface area contributed by atoms with Gasteiger partial charge in [0.1, 0.15) is 0 Å². The summed E-state index contributed by atoms with van der Waals surface area (Å²) >= 11 is 0. The highest BCUT2D eigenvalue weighted by Crippen LogP contribution is 2.41. The number of benzene rings is 1. The summed E-state index contributed by atoms with van der Waals surface area (Å²) in [7, 11) is 2.16. The van der Waals surface area contributed by atoms with E-state index in [0.717, 1.165) is 44.6 Å². The van der Waals surface area contributed by atoms with Crippen LogP contribution >= 0.6 is 0 Å². The number of hydrogen-bond donors (Lipinski definition) is 1. The zero-order valence-corrected chi connectivity index (χ0v) is 15.3. The summed E-state index contributed by atoms with van der Waals surface area (Å²) in [6.07, 6.45) is 4.51. The van der Waals surface area contributed by atoms with Crippen LogP contribution in [0, 0.1) is 17.2 Å². The highest BCUT2D eigenvalue weighted by molar-refractivity contribution is 5.27. The smallest absolute Gasteiger partial charge is 0.0642 e. The summed E-state index contributed by atoms with van der Waals surface area (Å²) in [4.78, 5) is 4.94. The van der Waals surface area contributed by atoms with E-state index < -0.39 is 0 Å². The topological polar surface area (TPSA) is 42.3 Å². The number of nitrogens with one attached hydrogen (secondary N) is 1. The molecule has 0 radical (unpaired) electrons. The van der Waals surface area contributed by atoms with E-state index >= 15 is 0 Å². The molecule has 134 valence electrons. The summed E-state index contributed by atoms with van der Waals surface area (Å²) in [6.45, 7) is 5.60. The maximum Gasteiger partial charge on any atom is 0.0642 e. The largest absolute Gasteiger partial charge is 0.313 e. The number of likely N-dealkylation sites (N-methyl/N-ethyl adjacent to an activating group) is 1. The third kappa shape index (κ3) is 3.60. The van der Waals surface area contributed by atoms with E-state index in [0.29, 0.717) is 12.5 Å². The van der Waals surface area contributed by atoms with E-state index in [2.05, 4.69) is 58.6 Å². The molecular formula is C21H30N4. The van der Waals surface area contributed by atoms with Crippen LogP contribution in [-0.2, 0) is 0 Å². The summed E-state index contributed by atoms with van der Waals surface area (Å²) in [5.41, 5.74) is 1.64. The third-order valence-corrected chi connectivity index (χ3v) is 6.51. The van der Waals surface area contributed by atoms with Gasteiger partial charge in [-0.3, -0.25) is 4.90 Å². The minimum Gasteiger partial charge on any atom is -0.313 e. The van der Waals surface area contributed by atoms with Gasteiger partial charge in [-0.2, -0.15) is 5.26 Å². The Hall–Kier alpha value is -1.41. The van der Waals surface area contributed by atoms with Gasteiger partial charge in [-0.15, -0.1) is 0 Å². The Kier molecular flexibility index (Phi) is 4.82. The van der Waals surface area contributed by atoms with Crippen LogP contribution < -0.4 is 5.32 Å². The highest BCUT2D eigenvalue weighted by Gasteiger charge is 2.46. The molecule has 25 heavy (non-hydrogen) atoms. The van der Waals surface area contributed by atoms with Crippen LogP contribution in [0.5, 0.6) is 0 Å². The van der Waals surface area contributed by atoms with E-state index in [9.17, 15) is 5.26 Å². The Morgan fingerprint density at radius 3 is 2.56 bits per heavy atom. The van der Waals surface area contributed by atoms with E-state index in [1.807, 2.05) is 0 Å². The van der Waals surface area contributed by atoms with E-state index in [-0.39, 0.29) is 5.54 Å². The highest BCUT2D eigenvalue weighted by atomic mass is 15.3. The average Bonchev–Trinajstić information content (AvgIpc) is 3.39. The molecule has 0 spiro atoms. The van der Waals surface area contributed by atoms with Crippen molar-refractivity contribution in [2.24, 2.45) is 5.92 Å². The molecule has 1 saturated carbocycles. The Morgan fingerprint density at radius 1 is 1.20 bits per heavy atom. The van der Waals surface area contributed by atoms with Gasteiger partial charge in [0.05, 0.1) is 18.0 Å². The van der Waals surface area contributed by atoms with Crippen molar-refractivity contribution >= 4 is 0 Å². The Balaban J connectivity index is 1.21. The average molecular weight is 338 g/mol. The molecular weight excluding hydrogens is 308 g/mol. The molecule has 0 bridgehead atoms. The van der Waals surface area contributed by atoms with Crippen LogP contribution in [0.4, 0.5) is 0 Å². The SMILES string of the molecule is CN1CC(CC#N)(N2CCC(CN[C@@H]3C[C@H]3c3ccccc3)CC2)C1. The van der Waals surface area contributed by atoms with Gasteiger partial charge in [-0.25, -0.2) is 0 Å². The van der Waals surface area contributed by atoms with Gasteiger partial charge < -0.3 is 10.2 Å². The fourth-order valence-corrected chi connectivity index (χ4v) is 4.95. The Bertz CT molecular complexity index is 609. The van der Waals surface area contributed by atoms with Crippen LogP contribution in [0.25, 0.3) is 0 Å². The van der Waals surface area contributed by atoms with E-state index in [4.69, 9.17) is 0 Å². The van der Waals surface area contributed by atoms with Gasteiger partial charge in [0.15, 0.2) is 0 Å². The number of nitriles is 1. The predicted octanol–water partition coefficient (Wildman–Crippen LogP) is 2.44. The molecule has 0 aromatic heterocycles. The molecule has 1 aliphatic carbocycles. The molecule has 4 rings (SSSR count). The molecule has 0 amide bonds. The summed E-state index contributed by atoms with van der Waals surface area (Å²) < 4.78 is 0. The van der Waals surface area contributed by atoms with Crippen LogP contribution in [0.1, 0.15) is 37.2 Å². The summed E-state index contributed by atoms with van der Waals surface area (Å²) in [5.74, 6) is 1.52. The first-order valence-electron chi connectivity index (χ1n) is 9.79. The molecule has 2 saturated heterocycles. The number of hydrogen-bond acceptors (Lipinski definition) is 4. The lowest BCUT2D eigenvalue weighted by atomic mass is 9.82. The van der Waals surface area contributed by atoms with Gasteiger partial charge >= 0.3 is 0 Å². The quantitative estimate of drug-likeness (QED) is 0.865. The zero-order chi connectivity index (χ0) is 17.3. The molecule has 2 heterocycles. The molecule has 1 N–H and O–H groups in total. The van der Waals surface area contributed by atoms with E-state index in [1.165, 1.54) is 24.8 Å².